The maximum absolute atomic E-state index is 13.3. The summed E-state index contributed by atoms with van der Waals surface area (Å²) < 4.78 is 52.4. The fraction of sp³-hybridized carbons (Fsp3) is 0.424. The van der Waals surface area contributed by atoms with E-state index in [-0.39, 0.29) is 23.3 Å². The zero-order valence-electron chi connectivity index (χ0n) is 43.3. The average molecular weight is 973 g/mol. The number of fused-ring (bicyclic) bond motifs is 1. The van der Waals surface area contributed by atoms with Gasteiger partial charge in [-0.1, -0.05) is 115 Å². The number of anilines is 5. The van der Waals surface area contributed by atoms with Crippen LogP contribution < -0.4 is 26.6 Å². The largest absolute Gasteiger partial charge is 0.385 e. The van der Waals surface area contributed by atoms with Crippen LogP contribution >= 0.6 is 11.6 Å². The predicted molar refractivity (Wildman–Crippen MR) is 295 cm³/mol. The second-order valence-corrected chi connectivity index (χ2v) is 17.8. The summed E-state index contributed by atoms with van der Waals surface area (Å²) in [5, 5.41) is 19.3. The van der Waals surface area contributed by atoms with Crippen LogP contribution in [0.4, 0.5) is 46.0 Å². The van der Waals surface area contributed by atoms with E-state index in [0.29, 0.717) is 27.3 Å². The molecule has 0 aliphatic heterocycles. The molecule has 0 aromatic heterocycles. The van der Waals surface area contributed by atoms with E-state index in [1.54, 1.807) is 45.9 Å². The second-order valence-electron chi connectivity index (χ2n) is 17.4. The van der Waals surface area contributed by atoms with Gasteiger partial charge in [0.1, 0.15) is 23.3 Å². The molecular weight excluding hydrogens is 890 g/mol. The van der Waals surface area contributed by atoms with Crippen molar-refractivity contribution >= 4 is 50.8 Å². The van der Waals surface area contributed by atoms with Crippen molar-refractivity contribution in [3.05, 3.63) is 159 Å². The van der Waals surface area contributed by atoms with Gasteiger partial charge in [-0.15, -0.1) is 0 Å². The molecular formula is C59H82ClF4N5. The van der Waals surface area contributed by atoms with Gasteiger partial charge in [0, 0.05) is 71.7 Å². The normalized spacial score (nSPS) is 10.2. The van der Waals surface area contributed by atoms with E-state index in [9.17, 15) is 17.6 Å². The van der Waals surface area contributed by atoms with Crippen LogP contribution in [0.3, 0.4) is 0 Å². The quantitative estimate of drug-likeness (QED) is 0.0390. The summed E-state index contributed by atoms with van der Waals surface area (Å²) in [5.74, 6) is -0.650. The van der Waals surface area contributed by atoms with Crippen LogP contribution in [0, 0.1) is 57.9 Å². The van der Waals surface area contributed by atoms with Crippen LogP contribution in [0.1, 0.15) is 127 Å². The maximum Gasteiger partial charge on any atom is 0.129 e. The van der Waals surface area contributed by atoms with E-state index in [1.165, 1.54) is 53.9 Å². The van der Waals surface area contributed by atoms with Crippen LogP contribution in [0.15, 0.2) is 103 Å². The van der Waals surface area contributed by atoms with Gasteiger partial charge in [-0.25, -0.2) is 17.6 Å². The van der Waals surface area contributed by atoms with Gasteiger partial charge in [-0.05, 0) is 166 Å². The van der Waals surface area contributed by atoms with E-state index in [1.807, 2.05) is 31.2 Å². The molecule has 0 unspecified atom stereocenters. The molecule has 5 nitrogen and oxygen atoms in total. The van der Waals surface area contributed by atoms with Gasteiger partial charge < -0.3 is 26.6 Å². The van der Waals surface area contributed by atoms with Crippen molar-refractivity contribution in [2.45, 2.75) is 133 Å². The zero-order chi connectivity index (χ0) is 51.0. The van der Waals surface area contributed by atoms with Crippen molar-refractivity contribution < 1.29 is 17.6 Å². The number of unbranched alkanes of at least 4 members (excludes halogenated alkanes) is 5. The Hall–Kier alpha value is -5.41. The fourth-order valence-electron chi connectivity index (χ4n) is 6.68. The first-order valence-corrected chi connectivity index (χ1v) is 25.5. The summed E-state index contributed by atoms with van der Waals surface area (Å²) in [6.45, 7) is 24.4. The third-order valence-electron chi connectivity index (χ3n) is 11.0. The first-order valence-electron chi connectivity index (χ1n) is 25.1. The van der Waals surface area contributed by atoms with E-state index >= 15 is 0 Å². The molecule has 5 N–H and O–H groups in total. The van der Waals surface area contributed by atoms with Gasteiger partial charge >= 0.3 is 0 Å². The molecule has 0 spiro atoms. The molecule has 10 heteroatoms. The fourth-order valence-corrected chi connectivity index (χ4v) is 6.89. The van der Waals surface area contributed by atoms with E-state index < -0.39 is 0 Å². The summed E-state index contributed by atoms with van der Waals surface area (Å²) in [6, 6.07) is 32.2. The highest BCUT2D eigenvalue weighted by atomic mass is 35.5. The number of hydrogen-bond donors (Lipinski definition) is 5. The van der Waals surface area contributed by atoms with Crippen molar-refractivity contribution in [1.82, 2.24) is 0 Å². The molecule has 0 saturated heterocycles. The molecule has 0 aliphatic rings. The molecule has 69 heavy (non-hydrogen) atoms. The Morgan fingerprint density at radius 2 is 0.812 bits per heavy atom. The first-order chi connectivity index (χ1) is 33.1. The van der Waals surface area contributed by atoms with Crippen LogP contribution in [-0.4, -0.2) is 32.7 Å². The number of rotatable bonds is 20. The lowest BCUT2D eigenvalue weighted by Gasteiger charge is -2.08. The summed E-state index contributed by atoms with van der Waals surface area (Å²) >= 11 is 5.85. The third-order valence-corrected chi connectivity index (χ3v) is 11.4. The topological polar surface area (TPSA) is 60.1 Å². The predicted octanol–water partition coefficient (Wildman–Crippen LogP) is 18.4. The van der Waals surface area contributed by atoms with Crippen molar-refractivity contribution in [2.75, 3.05) is 59.3 Å². The smallest absolute Gasteiger partial charge is 0.129 e. The van der Waals surface area contributed by atoms with Gasteiger partial charge in [0.05, 0.1) is 0 Å². The Kier molecular flexibility index (Phi) is 30.1. The molecule has 6 rings (SSSR count). The molecule has 0 saturated carbocycles. The number of aryl methyl sites for hydroxylation is 4. The highest BCUT2D eigenvalue weighted by Gasteiger charge is 2.06. The average Bonchev–Trinajstić information content (AvgIpc) is 3.32. The lowest BCUT2D eigenvalue weighted by Crippen LogP contribution is -2.02. The minimum absolute atomic E-state index is 0.0916. The molecule has 0 fully saturated rings. The van der Waals surface area contributed by atoms with Gasteiger partial charge in [-0.3, -0.25) is 0 Å². The second kappa shape index (κ2) is 34.8. The highest BCUT2D eigenvalue weighted by molar-refractivity contribution is 6.31. The zero-order valence-corrected chi connectivity index (χ0v) is 44.1. The monoisotopic (exact) mass is 972 g/mol. The lowest BCUT2D eigenvalue weighted by atomic mass is 10.1. The van der Waals surface area contributed by atoms with Gasteiger partial charge in [-0.2, -0.15) is 0 Å². The number of hydrogen-bond acceptors (Lipinski definition) is 5. The molecule has 0 atom stereocenters. The van der Waals surface area contributed by atoms with Crippen molar-refractivity contribution in [1.29, 1.82) is 0 Å². The summed E-state index contributed by atoms with van der Waals surface area (Å²) in [5.41, 5.74) is 8.34. The van der Waals surface area contributed by atoms with Gasteiger partial charge in [0.25, 0.3) is 0 Å². The van der Waals surface area contributed by atoms with Crippen molar-refractivity contribution in [2.24, 2.45) is 0 Å². The molecule has 0 heterocycles. The number of benzene rings is 6. The molecule has 0 aliphatic carbocycles. The van der Waals surface area contributed by atoms with Gasteiger partial charge in [0.2, 0.25) is 0 Å². The first kappa shape index (κ1) is 59.7. The summed E-state index contributed by atoms with van der Waals surface area (Å²) in [6.07, 6.45) is 11.5. The van der Waals surface area contributed by atoms with E-state index in [2.05, 4.69) is 104 Å². The number of nitrogens with one attached hydrogen (secondary N) is 5. The summed E-state index contributed by atoms with van der Waals surface area (Å²) in [7, 11) is 0. The standard InChI is InChI=1S/C14H17N.C12H18FN.C11H15ClFN.2C11H16FN/c1-2-3-10-15-14-9-8-12-6-4-5-7-13(12)11-14;1-4-5-6-14-11-7-9(2)12(13)10(3)8-11;1-3-4-5-14-9-6-10(12)8(2)11(13)7-9;1-3-4-7-13-10-6-5-9(2)11(12)8-10;1-3-4-5-13-11-7-9(2)6-10(12)8-11/h4-9,11,15H,2-3,10H2,1H3;7-8,14H,4-6H2,1-3H3;6-7,14H,3-5H2,1-2H3;5-6,8,13H,3-4,7H2,1-2H3;6-8,13H,3-5H2,1-2H3. The van der Waals surface area contributed by atoms with Crippen LogP contribution in [0.2, 0.25) is 5.02 Å². The van der Waals surface area contributed by atoms with E-state index in [4.69, 9.17) is 11.6 Å². The Bertz CT molecular complexity index is 2220. The lowest BCUT2D eigenvalue weighted by molar-refractivity contribution is 0.609. The molecule has 6 aromatic rings. The number of halogens is 5. The Labute approximate surface area is 418 Å². The molecule has 378 valence electrons. The van der Waals surface area contributed by atoms with Crippen LogP contribution in [-0.2, 0) is 0 Å². The Morgan fingerprint density at radius 3 is 1.28 bits per heavy atom. The third kappa shape index (κ3) is 24.6. The Balaban J connectivity index is 0.000000296. The molecule has 0 amide bonds. The van der Waals surface area contributed by atoms with E-state index in [0.717, 1.165) is 106 Å². The summed E-state index contributed by atoms with van der Waals surface area (Å²) in [4.78, 5) is 0. The minimum atomic E-state index is -0.253. The molecule has 0 bridgehead atoms. The van der Waals surface area contributed by atoms with Gasteiger partial charge in [0.15, 0.2) is 0 Å². The SMILES string of the molecule is CCCCNc1cc(C)c(F)c(C)c1.CCCCNc1cc(C)cc(F)c1.CCCCNc1cc(F)c(C)c(Cl)c1.CCCCNc1ccc(C)c(F)c1.CCCCNc1ccc2ccccc2c1. The Morgan fingerprint density at radius 1 is 0.391 bits per heavy atom. The molecule has 6 aromatic carbocycles. The maximum atomic E-state index is 13.3. The van der Waals surface area contributed by atoms with Crippen LogP contribution in [0.25, 0.3) is 10.8 Å². The van der Waals surface area contributed by atoms with Crippen molar-refractivity contribution in [3.8, 4) is 0 Å². The van der Waals surface area contributed by atoms with Crippen molar-refractivity contribution in [3.63, 3.8) is 0 Å². The minimum Gasteiger partial charge on any atom is -0.385 e. The molecule has 0 radical (unpaired) electrons. The van der Waals surface area contributed by atoms with Crippen LogP contribution in [0.5, 0.6) is 0 Å². The highest BCUT2D eigenvalue weighted by Crippen LogP contribution is 2.24.